The van der Waals surface area contributed by atoms with Gasteiger partial charge >= 0.3 is 5.97 Å². The summed E-state index contributed by atoms with van der Waals surface area (Å²) >= 11 is 5.66. The number of halogens is 3. The zero-order valence-electron chi connectivity index (χ0n) is 8.34. The van der Waals surface area contributed by atoms with Crippen molar-refractivity contribution in [1.82, 2.24) is 4.98 Å². The Balaban J connectivity index is 3.29. The van der Waals surface area contributed by atoms with Gasteiger partial charge in [0.1, 0.15) is 17.1 Å². The number of hydrogen-bond acceptors (Lipinski definition) is 4. The lowest BCUT2D eigenvalue weighted by Gasteiger charge is -2.09. The van der Waals surface area contributed by atoms with Gasteiger partial charge in [-0.25, -0.2) is 18.6 Å². The van der Waals surface area contributed by atoms with Crippen LogP contribution in [0.3, 0.4) is 0 Å². The predicted octanol–water partition coefficient (Wildman–Crippen LogP) is 2.43. The molecule has 0 bridgehead atoms. The van der Waals surface area contributed by atoms with Gasteiger partial charge in [0.05, 0.1) is 11.6 Å². The first-order valence-corrected chi connectivity index (χ1v) is 4.76. The Kier molecular flexibility index (Phi) is 4.00. The molecule has 0 radical (unpaired) electrons. The van der Waals surface area contributed by atoms with Crippen molar-refractivity contribution in [3.8, 4) is 0 Å². The molecule has 0 spiro atoms. The number of hydrogen-bond donors (Lipinski definition) is 1. The molecule has 1 aromatic heterocycles. The first-order valence-electron chi connectivity index (χ1n) is 4.38. The van der Waals surface area contributed by atoms with Crippen molar-refractivity contribution in [2.75, 3.05) is 12.3 Å². The van der Waals surface area contributed by atoms with Crippen LogP contribution in [-0.4, -0.2) is 17.6 Å². The molecular formula is C9H9ClF2N2O2. The number of carbonyl (C=O) groups excluding carboxylic acids is 1. The minimum absolute atomic E-state index is 0.0578. The largest absolute Gasteiger partial charge is 0.462 e. The molecule has 1 aromatic rings. The second kappa shape index (κ2) is 5.07. The van der Waals surface area contributed by atoms with Crippen LogP contribution in [0.15, 0.2) is 6.07 Å². The zero-order chi connectivity index (χ0) is 12.3. The molecule has 0 unspecified atom stereocenters. The number of alkyl halides is 2. The van der Waals surface area contributed by atoms with E-state index in [9.17, 15) is 13.6 Å². The fourth-order valence-electron chi connectivity index (χ4n) is 1.11. The molecule has 0 fully saturated rings. The molecule has 0 aliphatic carbocycles. The van der Waals surface area contributed by atoms with Gasteiger partial charge in [0.25, 0.3) is 6.43 Å². The van der Waals surface area contributed by atoms with Crippen LogP contribution in [0.5, 0.6) is 0 Å². The van der Waals surface area contributed by atoms with Crippen molar-refractivity contribution in [2.24, 2.45) is 0 Å². The normalized spacial score (nSPS) is 10.6. The van der Waals surface area contributed by atoms with Crippen LogP contribution < -0.4 is 5.73 Å². The van der Waals surface area contributed by atoms with Gasteiger partial charge < -0.3 is 10.5 Å². The molecule has 88 valence electrons. The Morgan fingerprint density at radius 3 is 2.81 bits per heavy atom. The second-order valence-corrected chi connectivity index (χ2v) is 3.22. The van der Waals surface area contributed by atoms with Crippen LogP contribution in [0.4, 0.5) is 14.6 Å². The summed E-state index contributed by atoms with van der Waals surface area (Å²) in [5, 5.41) is -0.193. The van der Waals surface area contributed by atoms with Crippen molar-refractivity contribution >= 4 is 23.4 Å². The second-order valence-electron chi connectivity index (χ2n) is 2.81. The van der Waals surface area contributed by atoms with Crippen molar-refractivity contribution in [3.63, 3.8) is 0 Å². The Hall–Kier alpha value is -1.43. The minimum Gasteiger partial charge on any atom is -0.462 e. The Morgan fingerprint density at radius 1 is 1.69 bits per heavy atom. The van der Waals surface area contributed by atoms with E-state index in [0.717, 1.165) is 6.07 Å². The van der Waals surface area contributed by atoms with Crippen LogP contribution in [0, 0.1) is 0 Å². The molecule has 0 saturated carbocycles. The van der Waals surface area contributed by atoms with E-state index in [-0.39, 0.29) is 17.4 Å². The number of rotatable bonds is 3. The van der Waals surface area contributed by atoms with Crippen LogP contribution >= 0.6 is 11.6 Å². The number of carbonyl (C=O) groups is 1. The summed E-state index contributed by atoms with van der Waals surface area (Å²) in [6, 6.07) is 1.12. The highest BCUT2D eigenvalue weighted by molar-refractivity contribution is 6.34. The molecule has 0 aromatic carbocycles. The molecule has 0 aliphatic heterocycles. The summed E-state index contributed by atoms with van der Waals surface area (Å²) < 4.78 is 29.8. The molecule has 0 aliphatic rings. The number of nitrogens with zero attached hydrogens (tertiary/aromatic N) is 1. The first-order chi connectivity index (χ1) is 7.47. The van der Waals surface area contributed by atoms with Gasteiger partial charge in [-0.2, -0.15) is 0 Å². The average molecular weight is 251 g/mol. The number of esters is 1. The molecule has 2 N–H and O–H groups in total. The van der Waals surface area contributed by atoms with Crippen molar-refractivity contribution in [2.45, 2.75) is 13.3 Å². The maximum absolute atomic E-state index is 12.6. The van der Waals surface area contributed by atoms with E-state index in [4.69, 9.17) is 17.3 Å². The summed E-state index contributed by atoms with van der Waals surface area (Å²) in [7, 11) is 0. The molecular weight excluding hydrogens is 242 g/mol. The summed E-state index contributed by atoms with van der Waals surface area (Å²) in [6.07, 6.45) is -2.94. The maximum Gasteiger partial charge on any atom is 0.341 e. The summed E-state index contributed by atoms with van der Waals surface area (Å²) in [6.45, 7) is 1.61. The molecule has 1 rings (SSSR count). The van der Waals surface area contributed by atoms with Gasteiger partial charge in [0.2, 0.25) is 0 Å². The van der Waals surface area contributed by atoms with Gasteiger partial charge in [0, 0.05) is 0 Å². The van der Waals surface area contributed by atoms with E-state index < -0.39 is 23.7 Å². The monoisotopic (exact) mass is 250 g/mol. The first kappa shape index (κ1) is 12.6. The fraction of sp³-hybridized carbons (Fsp3) is 0.333. The zero-order valence-corrected chi connectivity index (χ0v) is 9.09. The highest BCUT2D eigenvalue weighted by Gasteiger charge is 2.24. The third-order valence-electron chi connectivity index (χ3n) is 1.71. The van der Waals surface area contributed by atoms with E-state index >= 15 is 0 Å². The van der Waals surface area contributed by atoms with Crippen molar-refractivity contribution in [3.05, 3.63) is 22.3 Å². The molecule has 7 heteroatoms. The average Bonchev–Trinajstić information content (AvgIpc) is 2.16. The number of ether oxygens (including phenoxy) is 1. The Morgan fingerprint density at radius 2 is 2.31 bits per heavy atom. The SMILES string of the molecule is CCOC(=O)c1c(Cl)cc(N)nc1C(F)F. The fourth-order valence-corrected chi connectivity index (χ4v) is 1.40. The van der Waals surface area contributed by atoms with Gasteiger partial charge in [0.15, 0.2) is 0 Å². The lowest BCUT2D eigenvalue weighted by Crippen LogP contribution is -2.12. The Bertz CT molecular complexity index is 413. The lowest BCUT2D eigenvalue weighted by atomic mass is 10.2. The number of nitrogens with two attached hydrogens (primary N) is 1. The maximum atomic E-state index is 12.6. The highest BCUT2D eigenvalue weighted by Crippen LogP contribution is 2.28. The molecule has 16 heavy (non-hydrogen) atoms. The van der Waals surface area contributed by atoms with Crippen LogP contribution in [-0.2, 0) is 4.74 Å². The summed E-state index contributed by atoms with van der Waals surface area (Å²) in [4.78, 5) is 14.8. The molecule has 0 atom stereocenters. The van der Waals surface area contributed by atoms with Crippen molar-refractivity contribution < 1.29 is 18.3 Å². The number of anilines is 1. The number of nitrogen functional groups attached to an aromatic ring is 1. The minimum atomic E-state index is -2.94. The standard InChI is InChI=1S/C9H9ClF2N2O2/c1-2-16-9(15)6-4(10)3-5(13)14-7(6)8(11)12/h3,8H,2H2,1H3,(H2,13,14). The topological polar surface area (TPSA) is 65.2 Å². The third-order valence-corrected chi connectivity index (χ3v) is 2.00. The molecule has 4 nitrogen and oxygen atoms in total. The smallest absolute Gasteiger partial charge is 0.341 e. The predicted molar refractivity (Wildman–Crippen MR) is 54.6 cm³/mol. The van der Waals surface area contributed by atoms with E-state index in [1.165, 1.54) is 0 Å². The summed E-state index contributed by atoms with van der Waals surface area (Å²) in [5.41, 5.74) is 4.06. The molecule has 0 amide bonds. The third kappa shape index (κ3) is 2.57. The number of aromatic nitrogens is 1. The van der Waals surface area contributed by atoms with E-state index in [1.54, 1.807) is 6.92 Å². The van der Waals surface area contributed by atoms with Gasteiger partial charge in [-0.1, -0.05) is 11.6 Å². The van der Waals surface area contributed by atoms with Crippen LogP contribution in [0.2, 0.25) is 5.02 Å². The van der Waals surface area contributed by atoms with Crippen LogP contribution in [0.1, 0.15) is 29.4 Å². The van der Waals surface area contributed by atoms with Gasteiger partial charge in [-0.3, -0.25) is 0 Å². The van der Waals surface area contributed by atoms with Crippen molar-refractivity contribution in [1.29, 1.82) is 0 Å². The quantitative estimate of drug-likeness (QED) is 0.837. The number of pyridine rings is 1. The highest BCUT2D eigenvalue weighted by atomic mass is 35.5. The van der Waals surface area contributed by atoms with E-state index in [0.29, 0.717) is 0 Å². The lowest BCUT2D eigenvalue weighted by molar-refractivity contribution is 0.0514. The van der Waals surface area contributed by atoms with E-state index in [2.05, 4.69) is 9.72 Å². The molecule has 0 saturated heterocycles. The van der Waals surface area contributed by atoms with E-state index in [1.807, 2.05) is 0 Å². The summed E-state index contributed by atoms with van der Waals surface area (Å²) in [5.74, 6) is -1.11. The van der Waals surface area contributed by atoms with Gasteiger partial charge in [-0.05, 0) is 13.0 Å². The van der Waals surface area contributed by atoms with Gasteiger partial charge in [-0.15, -0.1) is 0 Å². The van der Waals surface area contributed by atoms with Crippen LogP contribution in [0.25, 0.3) is 0 Å². The Labute approximate surface area is 95.4 Å². The molecule has 1 heterocycles.